The number of ketones is 1. The average Bonchev–Trinajstić information content (AvgIpc) is 3.03. The Labute approximate surface area is 158 Å². The van der Waals surface area contributed by atoms with E-state index in [0.717, 1.165) is 32.7 Å². The molecule has 140 valence electrons. The maximum absolute atomic E-state index is 12.1. The third kappa shape index (κ3) is 7.05. The van der Waals surface area contributed by atoms with Gasteiger partial charge in [-0.25, -0.2) is 0 Å². The number of nitrogens with one attached hydrogen (secondary N) is 1. The van der Waals surface area contributed by atoms with E-state index in [1.165, 1.54) is 11.3 Å². The van der Waals surface area contributed by atoms with Gasteiger partial charge >= 0.3 is 0 Å². The normalized spacial score (nSPS) is 16.8. The Morgan fingerprint density at radius 1 is 1.28 bits per heavy atom. The molecule has 2 rings (SSSR count). The lowest BCUT2D eigenvalue weighted by atomic mass is 10.0. The van der Waals surface area contributed by atoms with E-state index < -0.39 is 0 Å². The molecule has 0 radical (unpaired) electrons. The van der Waals surface area contributed by atoms with Gasteiger partial charge in [0.15, 0.2) is 5.78 Å². The zero-order valence-electron chi connectivity index (χ0n) is 14.9. The fourth-order valence-electron chi connectivity index (χ4n) is 2.98. The number of carbonyl (C=O) groups excluding carboxylic acids is 2. The second-order valence-corrected chi connectivity index (χ2v) is 8.48. The molecule has 1 amide bonds. The van der Waals surface area contributed by atoms with Crippen LogP contribution in [0.5, 0.6) is 0 Å². The summed E-state index contributed by atoms with van der Waals surface area (Å²) in [4.78, 5) is 27.2. The van der Waals surface area contributed by atoms with E-state index in [2.05, 4.69) is 24.1 Å². The van der Waals surface area contributed by atoms with Crippen molar-refractivity contribution in [2.45, 2.75) is 39.2 Å². The summed E-state index contributed by atoms with van der Waals surface area (Å²) in [6.45, 7) is 8.33. The van der Waals surface area contributed by atoms with Crippen molar-refractivity contribution in [1.82, 2.24) is 10.2 Å². The summed E-state index contributed by atoms with van der Waals surface area (Å²) >= 11 is 7.10. The van der Waals surface area contributed by atoms with Crippen molar-refractivity contribution in [3.63, 3.8) is 0 Å². The second-order valence-electron chi connectivity index (χ2n) is 6.76. The van der Waals surface area contributed by atoms with Gasteiger partial charge in [-0.05, 0) is 24.5 Å². The topological polar surface area (TPSA) is 58.6 Å². The van der Waals surface area contributed by atoms with E-state index in [-0.39, 0.29) is 24.5 Å². The molecule has 1 aliphatic heterocycles. The number of nitrogens with zero attached hydrogens (tertiary/aromatic N) is 1. The fourth-order valence-corrected chi connectivity index (χ4v) is 3.99. The molecular formula is C18H27ClN2O3S. The van der Waals surface area contributed by atoms with Gasteiger partial charge in [0.2, 0.25) is 5.91 Å². The highest BCUT2D eigenvalue weighted by atomic mass is 35.5. The van der Waals surface area contributed by atoms with Gasteiger partial charge in [-0.2, -0.15) is 0 Å². The third-order valence-electron chi connectivity index (χ3n) is 4.27. The van der Waals surface area contributed by atoms with Crippen molar-refractivity contribution in [2.24, 2.45) is 5.92 Å². The number of amides is 1. The summed E-state index contributed by atoms with van der Waals surface area (Å²) in [7, 11) is 0. The Kier molecular flexibility index (Phi) is 8.36. The molecule has 0 saturated carbocycles. The lowest BCUT2D eigenvalue weighted by molar-refractivity contribution is -0.121. The first-order valence-corrected chi connectivity index (χ1v) is 10.0. The first-order valence-electron chi connectivity index (χ1n) is 8.82. The summed E-state index contributed by atoms with van der Waals surface area (Å²) in [5, 5.41) is 3.00. The van der Waals surface area contributed by atoms with Crippen LogP contribution < -0.4 is 5.32 Å². The van der Waals surface area contributed by atoms with Crippen molar-refractivity contribution in [2.75, 3.05) is 32.8 Å². The molecule has 1 saturated heterocycles. The number of thiophene rings is 1. The summed E-state index contributed by atoms with van der Waals surface area (Å²) in [6.07, 6.45) is 1.47. The number of morpholine rings is 1. The fraction of sp³-hybridized carbons (Fsp3) is 0.667. The SMILES string of the molecule is CC(C)CC(CNC(=O)CCC(=O)c1ccc(Cl)s1)N1CCOCC1. The Balaban J connectivity index is 1.76. The van der Waals surface area contributed by atoms with Crippen LogP contribution in [0.15, 0.2) is 12.1 Å². The van der Waals surface area contributed by atoms with Crippen LogP contribution in [0.1, 0.15) is 42.8 Å². The van der Waals surface area contributed by atoms with E-state index in [1.807, 2.05) is 0 Å². The minimum Gasteiger partial charge on any atom is -0.379 e. The van der Waals surface area contributed by atoms with Crippen molar-refractivity contribution in [1.29, 1.82) is 0 Å². The van der Waals surface area contributed by atoms with E-state index >= 15 is 0 Å². The Bertz CT molecular complexity index is 570. The highest BCUT2D eigenvalue weighted by molar-refractivity contribution is 7.18. The van der Waals surface area contributed by atoms with Gasteiger partial charge in [-0.3, -0.25) is 14.5 Å². The van der Waals surface area contributed by atoms with Crippen molar-refractivity contribution in [3.05, 3.63) is 21.3 Å². The molecule has 7 heteroatoms. The first kappa shape index (κ1) is 20.4. The largest absolute Gasteiger partial charge is 0.379 e. The third-order valence-corrected chi connectivity index (χ3v) is 5.54. The molecule has 1 aliphatic rings. The van der Waals surface area contributed by atoms with Gasteiger partial charge < -0.3 is 10.1 Å². The van der Waals surface area contributed by atoms with Gasteiger partial charge in [0.1, 0.15) is 0 Å². The number of halogens is 1. The lowest BCUT2D eigenvalue weighted by Crippen LogP contribution is -2.49. The summed E-state index contributed by atoms with van der Waals surface area (Å²) in [5.41, 5.74) is 0. The van der Waals surface area contributed by atoms with Crippen LogP contribution in [-0.4, -0.2) is 55.5 Å². The smallest absolute Gasteiger partial charge is 0.220 e. The van der Waals surface area contributed by atoms with Crippen molar-refractivity contribution in [3.8, 4) is 0 Å². The van der Waals surface area contributed by atoms with Crippen molar-refractivity contribution < 1.29 is 14.3 Å². The molecule has 1 unspecified atom stereocenters. The second kappa shape index (κ2) is 10.3. The highest BCUT2D eigenvalue weighted by Crippen LogP contribution is 2.22. The molecular weight excluding hydrogens is 360 g/mol. The predicted molar refractivity (Wildman–Crippen MR) is 102 cm³/mol. The molecule has 1 atom stereocenters. The van der Waals surface area contributed by atoms with Gasteiger partial charge in [0, 0.05) is 38.5 Å². The number of hydrogen-bond donors (Lipinski definition) is 1. The summed E-state index contributed by atoms with van der Waals surface area (Å²) in [6, 6.07) is 3.74. The minimum atomic E-state index is -0.0713. The van der Waals surface area contributed by atoms with Gasteiger partial charge in [0.05, 0.1) is 22.4 Å². The van der Waals surface area contributed by atoms with Gasteiger partial charge in [0.25, 0.3) is 0 Å². The standard InChI is InChI=1S/C18H27ClN2O3S/c1-13(2)11-14(21-7-9-24-10-8-21)12-20-18(23)6-3-15(22)16-4-5-17(19)25-16/h4-5,13-14H,3,6-12H2,1-2H3,(H,20,23). The number of rotatable bonds is 9. The molecule has 5 nitrogen and oxygen atoms in total. The predicted octanol–water partition coefficient (Wildman–Crippen LogP) is 3.23. The number of carbonyl (C=O) groups is 2. The van der Waals surface area contributed by atoms with E-state index in [4.69, 9.17) is 16.3 Å². The number of Topliss-reactive ketones (excluding diaryl/α,β-unsaturated/α-hetero) is 1. The highest BCUT2D eigenvalue weighted by Gasteiger charge is 2.22. The van der Waals surface area contributed by atoms with Crippen LogP contribution in [0.4, 0.5) is 0 Å². The van der Waals surface area contributed by atoms with Crippen LogP contribution in [0.25, 0.3) is 0 Å². The van der Waals surface area contributed by atoms with E-state index in [0.29, 0.717) is 27.7 Å². The summed E-state index contributed by atoms with van der Waals surface area (Å²) in [5.74, 6) is 0.465. The van der Waals surface area contributed by atoms with Crippen LogP contribution in [-0.2, 0) is 9.53 Å². The zero-order valence-corrected chi connectivity index (χ0v) is 16.5. The first-order chi connectivity index (χ1) is 12.0. The average molecular weight is 387 g/mol. The van der Waals surface area contributed by atoms with Crippen molar-refractivity contribution >= 4 is 34.6 Å². The molecule has 2 heterocycles. The van der Waals surface area contributed by atoms with Crippen LogP contribution in [0.3, 0.4) is 0 Å². The van der Waals surface area contributed by atoms with Gasteiger partial charge in [-0.15, -0.1) is 11.3 Å². The van der Waals surface area contributed by atoms with Crippen LogP contribution >= 0.6 is 22.9 Å². The maximum atomic E-state index is 12.1. The molecule has 1 fully saturated rings. The maximum Gasteiger partial charge on any atom is 0.220 e. The number of hydrogen-bond acceptors (Lipinski definition) is 5. The quantitative estimate of drug-likeness (QED) is 0.662. The zero-order chi connectivity index (χ0) is 18.2. The molecule has 0 bridgehead atoms. The molecule has 25 heavy (non-hydrogen) atoms. The summed E-state index contributed by atoms with van der Waals surface area (Å²) < 4.78 is 6.01. The molecule has 1 aromatic rings. The molecule has 1 N–H and O–H groups in total. The molecule has 0 aromatic carbocycles. The van der Waals surface area contributed by atoms with Gasteiger partial charge in [-0.1, -0.05) is 25.4 Å². The molecule has 1 aromatic heterocycles. The monoisotopic (exact) mass is 386 g/mol. The van der Waals surface area contributed by atoms with Crippen LogP contribution in [0, 0.1) is 5.92 Å². The lowest BCUT2D eigenvalue weighted by Gasteiger charge is -2.35. The Hall–Kier alpha value is -0.950. The molecule has 0 spiro atoms. The van der Waals surface area contributed by atoms with E-state index in [9.17, 15) is 9.59 Å². The molecule has 0 aliphatic carbocycles. The Morgan fingerprint density at radius 2 is 2.00 bits per heavy atom. The Morgan fingerprint density at radius 3 is 2.60 bits per heavy atom. The van der Waals surface area contributed by atoms with Crippen LogP contribution in [0.2, 0.25) is 4.34 Å². The minimum absolute atomic E-state index is 0.0287. The van der Waals surface area contributed by atoms with E-state index in [1.54, 1.807) is 12.1 Å². The number of ether oxygens (including phenoxy) is 1.